The first-order chi connectivity index (χ1) is 10.2. The van der Waals surface area contributed by atoms with Crippen LogP contribution in [0.5, 0.6) is 0 Å². The van der Waals surface area contributed by atoms with Gasteiger partial charge in [0, 0.05) is 37.7 Å². The molecule has 6 nitrogen and oxygen atoms in total. The molecule has 3 N–H and O–H groups in total. The van der Waals surface area contributed by atoms with Gasteiger partial charge in [0.15, 0.2) is 0 Å². The molecule has 0 aliphatic heterocycles. The molecule has 0 saturated heterocycles. The van der Waals surface area contributed by atoms with Gasteiger partial charge in [0.25, 0.3) is 0 Å². The average Bonchev–Trinajstić information content (AvgIpc) is 2.46. The van der Waals surface area contributed by atoms with Gasteiger partial charge in [-0.3, -0.25) is 0 Å². The largest absolute Gasteiger partial charge is 0.399 e. The average molecular weight is 295 g/mol. The molecule has 0 atom stereocenters. The van der Waals surface area contributed by atoms with Gasteiger partial charge in [-0.05, 0) is 32.0 Å². The second-order valence-electron chi connectivity index (χ2n) is 4.44. The lowest BCUT2D eigenvalue weighted by Crippen LogP contribution is -2.39. The highest BCUT2D eigenvalue weighted by atomic mass is 16.5. The van der Waals surface area contributed by atoms with Crippen molar-refractivity contribution in [2.45, 2.75) is 13.8 Å². The van der Waals surface area contributed by atoms with Gasteiger partial charge < -0.3 is 25.4 Å². The summed E-state index contributed by atoms with van der Waals surface area (Å²) < 4.78 is 10.6. The molecule has 0 bridgehead atoms. The van der Waals surface area contributed by atoms with E-state index in [1.54, 1.807) is 29.2 Å². The molecule has 1 aromatic carbocycles. The predicted molar refractivity (Wildman–Crippen MR) is 84.4 cm³/mol. The number of hydrogen-bond acceptors (Lipinski definition) is 4. The summed E-state index contributed by atoms with van der Waals surface area (Å²) in [4.78, 5) is 14.0. The monoisotopic (exact) mass is 295 g/mol. The molecule has 6 heteroatoms. The Morgan fingerprint density at radius 1 is 1.19 bits per heavy atom. The Labute approximate surface area is 126 Å². The number of nitrogen functional groups attached to an aromatic ring is 1. The Balaban J connectivity index is 2.55. The fourth-order valence-electron chi connectivity index (χ4n) is 1.77. The molecule has 0 saturated carbocycles. The number of ether oxygens (including phenoxy) is 2. The number of carbonyl (C=O) groups excluding carboxylic acids is 1. The molecule has 0 spiro atoms. The minimum absolute atomic E-state index is 0.181. The number of benzene rings is 1. The van der Waals surface area contributed by atoms with Crippen molar-refractivity contribution >= 4 is 17.4 Å². The number of rotatable bonds is 9. The van der Waals surface area contributed by atoms with Crippen molar-refractivity contribution in [2.24, 2.45) is 0 Å². The Kier molecular flexibility index (Phi) is 8.23. The third-order valence-electron chi connectivity index (χ3n) is 2.84. The molecule has 118 valence electrons. The first-order valence-corrected chi connectivity index (χ1v) is 7.24. The summed E-state index contributed by atoms with van der Waals surface area (Å²) in [7, 11) is 0. The van der Waals surface area contributed by atoms with E-state index in [4.69, 9.17) is 15.2 Å². The summed E-state index contributed by atoms with van der Waals surface area (Å²) >= 11 is 0. The molecular formula is C15H25N3O3. The van der Waals surface area contributed by atoms with E-state index in [-0.39, 0.29) is 6.03 Å². The van der Waals surface area contributed by atoms with Gasteiger partial charge in [-0.25, -0.2) is 4.79 Å². The van der Waals surface area contributed by atoms with E-state index in [0.717, 1.165) is 0 Å². The minimum Gasteiger partial charge on any atom is -0.399 e. The van der Waals surface area contributed by atoms with Crippen LogP contribution in [0.15, 0.2) is 24.3 Å². The summed E-state index contributed by atoms with van der Waals surface area (Å²) in [5, 5.41) is 2.83. The second-order valence-corrected chi connectivity index (χ2v) is 4.44. The van der Waals surface area contributed by atoms with Crippen molar-refractivity contribution in [1.29, 1.82) is 0 Å². The third-order valence-corrected chi connectivity index (χ3v) is 2.84. The van der Waals surface area contributed by atoms with Gasteiger partial charge in [0.2, 0.25) is 0 Å². The second kappa shape index (κ2) is 10.0. The summed E-state index contributed by atoms with van der Waals surface area (Å²) in [6.45, 7) is 7.19. The molecule has 2 amide bonds. The first-order valence-electron chi connectivity index (χ1n) is 7.24. The topological polar surface area (TPSA) is 76.8 Å². The summed E-state index contributed by atoms with van der Waals surface area (Å²) in [5.74, 6) is 0. The van der Waals surface area contributed by atoms with Crippen molar-refractivity contribution in [3.8, 4) is 0 Å². The molecule has 0 aliphatic rings. The van der Waals surface area contributed by atoms with E-state index in [0.29, 0.717) is 50.9 Å². The van der Waals surface area contributed by atoms with E-state index in [1.165, 1.54) is 0 Å². The highest BCUT2D eigenvalue weighted by molar-refractivity contribution is 5.89. The maximum absolute atomic E-state index is 12.3. The Morgan fingerprint density at radius 3 is 2.33 bits per heavy atom. The predicted octanol–water partition coefficient (Wildman–Crippen LogP) is 2.18. The van der Waals surface area contributed by atoms with Gasteiger partial charge >= 0.3 is 6.03 Å². The fraction of sp³-hybridized carbons (Fsp3) is 0.533. The van der Waals surface area contributed by atoms with Crippen LogP contribution < -0.4 is 11.1 Å². The molecule has 1 rings (SSSR count). The SMILES string of the molecule is CCOCCN(CCOCC)C(=O)Nc1cccc(N)c1. The van der Waals surface area contributed by atoms with E-state index in [1.807, 2.05) is 13.8 Å². The summed E-state index contributed by atoms with van der Waals surface area (Å²) in [6, 6.07) is 6.92. The van der Waals surface area contributed by atoms with E-state index >= 15 is 0 Å². The van der Waals surface area contributed by atoms with E-state index < -0.39 is 0 Å². The summed E-state index contributed by atoms with van der Waals surface area (Å²) in [6.07, 6.45) is 0. The molecule has 0 heterocycles. The van der Waals surface area contributed by atoms with Gasteiger partial charge in [-0.1, -0.05) is 6.07 Å². The van der Waals surface area contributed by atoms with Crippen LogP contribution in [0.2, 0.25) is 0 Å². The summed E-state index contributed by atoms with van der Waals surface area (Å²) in [5.41, 5.74) is 6.99. The van der Waals surface area contributed by atoms with Crippen molar-refractivity contribution in [3.63, 3.8) is 0 Å². The highest BCUT2D eigenvalue weighted by Crippen LogP contribution is 2.12. The van der Waals surface area contributed by atoms with Gasteiger partial charge in [0.1, 0.15) is 0 Å². The normalized spacial score (nSPS) is 10.4. The molecule has 0 aromatic heterocycles. The van der Waals surface area contributed by atoms with Crippen LogP contribution in [-0.2, 0) is 9.47 Å². The number of nitrogens with two attached hydrogens (primary N) is 1. The Bertz CT molecular complexity index is 416. The van der Waals surface area contributed by atoms with E-state index in [2.05, 4.69) is 5.32 Å². The van der Waals surface area contributed by atoms with Crippen molar-refractivity contribution in [3.05, 3.63) is 24.3 Å². The Morgan fingerprint density at radius 2 is 1.81 bits per heavy atom. The zero-order valence-electron chi connectivity index (χ0n) is 12.8. The van der Waals surface area contributed by atoms with Crippen LogP contribution in [0.4, 0.5) is 16.2 Å². The Hall–Kier alpha value is -1.79. The zero-order chi connectivity index (χ0) is 15.5. The van der Waals surface area contributed by atoms with Gasteiger partial charge in [-0.15, -0.1) is 0 Å². The van der Waals surface area contributed by atoms with Crippen molar-refractivity contribution in [2.75, 3.05) is 50.6 Å². The molecule has 0 fully saturated rings. The highest BCUT2D eigenvalue weighted by Gasteiger charge is 2.13. The van der Waals surface area contributed by atoms with E-state index in [9.17, 15) is 4.79 Å². The third kappa shape index (κ3) is 6.97. The van der Waals surface area contributed by atoms with Gasteiger partial charge in [0.05, 0.1) is 13.2 Å². The fourth-order valence-corrected chi connectivity index (χ4v) is 1.77. The number of hydrogen-bond donors (Lipinski definition) is 2. The van der Waals surface area contributed by atoms with Crippen molar-refractivity contribution < 1.29 is 14.3 Å². The smallest absolute Gasteiger partial charge is 0.322 e. The number of anilines is 2. The molecule has 21 heavy (non-hydrogen) atoms. The lowest BCUT2D eigenvalue weighted by molar-refractivity contribution is 0.0957. The maximum atomic E-state index is 12.3. The zero-order valence-corrected chi connectivity index (χ0v) is 12.8. The van der Waals surface area contributed by atoms with Crippen LogP contribution >= 0.6 is 0 Å². The molecule has 1 aromatic rings. The number of urea groups is 1. The number of nitrogens with zero attached hydrogens (tertiary/aromatic N) is 1. The lowest BCUT2D eigenvalue weighted by atomic mass is 10.3. The standard InChI is InChI=1S/C15H25N3O3/c1-3-20-10-8-18(9-11-21-4-2)15(19)17-14-7-5-6-13(16)12-14/h5-7,12H,3-4,8-11,16H2,1-2H3,(H,17,19). The molecule has 0 unspecified atom stereocenters. The number of amides is 2. The molecular weight excluding hydrogens is 270 g/mol. The van der Waals surface area contributed by atoms with Crippen LogP contribution in [0.25, 0.3) is 0 Å². The molecule has 0 aliphatic carbocycles. The number of nitrogens with one attached hydrogen (secondary N) is 1. The van der Waals surface area contributed by atoms with Crippen molar-refractivity contribution in [1.82, 2.24) is 4.90 Å². The van der Waals surface area contributed by atoms with Crippen LogP contribution in [0, 0.1) is 0 Å². The minimum atomic E-state index is -0.181. The lowest BCUT2D eigenvalue weighted by Gasteiger charge is -2.23. The van der Waals surface area contributed by atoms with Gasteiger partial charge in [-0.2, -0.15) is 0 Å². The van der Waals surface area contributed by atoms with Crippen LogP contribution in [0.3, 0.4) is 0 Å². The maximum Gasteiger partial charge on any atom is 0.322 e. The number of carbonyl (C=O) groups is 1. The first kappa shape index (κ1) is 17.3. The van der Waals surface area contributed by atoms with Crippen LogP contribution in [-0.4, -0.2) is 50.4 Å². The quantitative estimate of drug-likeness (QED) is 0.541. The van der Waals surface area contributed by atoms with Crippen LogP contribution in [0.1, 0.15) is 13.8 Å². The molecule has 0 radical (unpaired) electrons.